The van der Waals surface area contributed by atoms with E-state index in [0.717, 1.165) is 0 Å². The molecule has 0 bridgehead atoms. The molecule has 1 aliphatic rings. The van der Waals surface area contributed by atoms with Gasteiger partial charge in [-0.05, 0) is 24.3 Å². The average molecular weight is 329 g/mol. The third-order valence-electron chi connectivity index (χ3n) is 3.21. The quantitative estimate of drug-likeness (QED) is 0.906. The van der Waals surface area contributed by atoms with Gasteiger partial charge in [0.25, 0.3) is 0 Å². The van der Waals surface area contributed by atoms with Gasteiger partial charge in [-0.2, -0.15) is 0 Å². The first-order valence-electron chi connectivity index (χ1n) is 6.28. The van der Waals surface area contributed by atoms with Gasteiger partial charge in [-0.15, -0.1) is 0 Å². The summed E-state index contributed by atoms with van der Waals surface area (Å²) in [6.45, 7) is 0.851. The first-order valence-corrected chi connectivity index (χ1v) is 7.04. The summed E-state index contributed by atoms with van der Waals surface area (Å²) in [7, 11) is 0. The molecule has 0 amide bonds. The van der Waals surface area contributed by atoms with Gasteiger partial charge in [0.1, 0.15) is 25.1 Å². The van der Waals surface area contributed by atoms with E-state index in [4.69, 9.17) is 32.7 Å². The largest absolute Gasteiger partial charge is 0.486 e. The van der Waals surface area contributed by atoms with Gasteiger partial charge in [-0.1, -0.05) is 23.2 Å². The molecule has 0 radical (unpaired) electrons. The molecule has 0 aromatic heterocycles. The van der Waals surface area contributed by atoms with Gasteiger partial charge in [-0.3, -0.25) is 0 Å². The van der Waals surface area contributed by atoms with Crippen molar-refractivity contribution in [2.24, 2.45) is 0 Å². The van der Waals surface area contributed by atoms with Gasteiger partial charge < -0.3 is 14.6 Å². The summed E-state index contributed by atoms with van der Waals surface area (Å²) in [6, 6.07) is 7.10. The standard InChI is InChI=1S/C15H11Cl2FO3/c16-8-1-2-12(18)10(5-8)15(19)9-6-13-14(7-11(9)17)21-4-3-20-13/h1-2,5-7,15,19H,3-4H2. The van der Waals surface area contributed by atoms with Crippen LogP contribution in [0.5, 0.6) is 11.5 Å². The van der Waals surface area contributed by atoms with E-state index in [9.17, 15) is 9.50 Å². The highest BCUT2D eigenvalue weighted by molar-refractivity contribution is 6.31. The van der Waals surface area contributed by atoms with Crippen LogP contribution in [0.4, 0.5) is 4.39 Å². The van der Waals surface area contributed by atoms with Crippen molar-refractivity contribution in [1.82, 2.24) is 0 Å². The molecular weight excluding hydrogens is 318 g/mol. The van der Waals surface area contributed by atoms with Crippen molar-refractivity contribution in [2.45, 2.75) is 6.10 Å². The lowest BCUT2D eigenvalue weighted by atomic mass is 10.0. The molecule has 3 rings (SSSR count). The Balaban J connectivity index is 2.05. The highest BCUT2D eigenvalue weighted by Crippen LogP contribution is 2.39. The number of halogens is 3. The van der Waals surface area contributed by atoms with Crippen LogP contribution in [0.1, 0.15) is 17.2 Å². The molecule has 1 aliphatic heterocycles. The zero-order valence-electron chi connectivity index (χ0n) is 10.8. The smallest absolute Gasteiger partial charge is 0.162 e. The summed E-state index contributed by atoms with van der Waals surface area (Å²) in [6.07, 6.45) is -1.24. The SMILES string of the molecule is OC(c1cc(Cl)ccc1F)c1cc2c(cc1Cl)OCCO2. The maximum absolute atomic E-state index is 13.9. The van der Waals surface area contributed by atoms with Crippen molar-refractivity contribution in [3.8, 4) is 11.5 Å². The normalized spacial score (nSPS) is 14.9. The summed E-state index contributed by atoms with van der Waals surface area (Å²) >= 11 is 12.0. The summed E-state index contributed by atoms with van der Waals surface area (Å²) in [5, 5.41) is 11.0. The first-order chi connectivity index (χ1) is 10.1. The molecule has 2 aromatic carbocycles. The van der Waals surface area contributed by atoms with E-state index in [0.29, 0.717) is 35.3 Å². The van der Waals surface area contributed by atoms with Crippen LogP contribution in [-0.4, -0.2) is 18.3 Å². The Morgan fingerprint density at radius 1 is 1.00 bits per heavy atom. The van der Waals surface area contributed by atoms with Crippen LogP contribution >= 0.6 is 23.2 Å². The minimum absolute atomic E-state index is 0.0566. The second-order valence-corrected chi connectivity index (χ2v) is 5.43. The molecule has 1 unspecified atom stereocenters. The van der Waals surface area contributed by atoms with Crippen molar-refractivity contribution >= 4 is 23.2 Å². The van der Waals surface area contributed by atoms with E-state index in [1.165, 1.54) is 18.2 Å². The van der Waals surface area contributed by atoms with Crippen molar-refractivity contribution in [2.75, 3.05) is 13.2 Å². The van der Waals surface area contributed by atoms with Crippen LogP contribution in [-0.2, 0) is 0 Å². The highest BCUT2D eigenvalue weighted by atomic mass is 35.5. The Morgan fingerprint density at radius 3 is 2.38 bits per heavy atom. The van der Waals surface area contributed by atoms with Crippen molar-refractivity contribution in [3.63, 3.8) is 0 Å². The predicted molar refractivity (Wildman–Crippen MR) is 77.9 cm³/mol. The minimum Gasteiger partial charge on any atom is -0.486 e. The summed E-state index contributed by atoms with van der Waals surface area (Å²) in [5.74, 6) is 0.425. The molecule has 0 fully saturated rings. The van der Waals surface area contributed by atoms with E-state index < -0.39 is 11.9 Å². The molecule has 0 spiro atoms. The van der Waals surface area contributed by atoms with Crippen molar-refractivity contribution < 1.29 is 19.0 Å². The highest BCUT2D eigenvalue weighted by Gasteiger charge is 2.22. The monoisotopic (exact) mass is 328 g/mol. The Morgan fingerprint density at radius 2 is 1.67 bits per heavy atom. The molecule has 1 heterocycles. The van der Waals surface area contributed by atoms with E-state index in [2.05, 4.69) is 0 Å². The van der Waals surface area contributed by atoms with Crippen LogP contribution < -0.4 is 9.47 Å². The number of rotatable bonds is 2. The fourth-order valence-electron chi connectivity index (χ4n) is 2.18. The zero-order chi connectivity index (χ0) is 15.0. The topological polar surface area (TPSA) is 38.7 Å². The van der Waals surface area contributed by atoms with Crippen LogP contribution in [0, 0.1) is 5.82 Å². The predicted octanol–water partition coefficient (Wildman–Crippen LogP) is 3.99. The van der Waals surface area contributed by atoms with Crippen LogP contribution in [0.2, 0.25) is 10.0 Å². The molecule has 21 heavy (non-hydrogen) atoms. The number of aliphatic hydroxyl groups is 1. The number of aliphatic hydroxyl groups excluding tert-OH is 1. The number of fused-ring (bicyclic) bond motifs is 1. The fourth-order valence-corrected chi connectivity index (χ4v) is 2.62. The molecule has 6 heteroatoms. The van der Waals surface area contributed by atoms with Gasteiger partial charge in [0.15, 0.2) is 11.5 Å². The first kappa shape index (κ1) is 14.4. The maximum Gasteiger partial charge on any atom is 0.162 e. The van der Waals surface area contributed by atoms with E-state index in [1.807, 2.05) is 0 Å². The Bertz CT molecular complexity index is 691. The molecule has 1 atom stereocenters. The molecule has 1 N–H and O–H groups in total. The molecular formula is C15H11Cl2FO3. The van der Waals surface area contributed by atoms with Crippen LogP contribution in [0.15, 0.2) is 30.3 Å². The van der Waals surface area contributed by atoms with Gasteiger partial charge in [0.2, 0.25) is 0 Å². The summed E-state index contributed by atoms with van der Waals surface area (Å²) < 4.78 is 24.7. The maximum atomic E-state index is 13.9. The second-order valence-electron chi connectivity index (χ2n) is 4.59. The number of benzene rings is 2. The van der Waals surface area contributed by atoms with E-state index in [1.54, 1.807) is 12.1 Å². The molecule has 0 aliphatic carbocycles. The molecule has 0 saturated heterocycles. The second kappa shape index (κ2) is 5.72. The van der Waals surface area contributed by atoms with Crippen LogP contribution in [0.3, 0.4) is 0 Å². The van der Waals surface area contributed by atoms with Crippen molar-refractivity contribution in [1.29, 1.82) is 0 Å². The van der Waals surface area contributed by atoms with E-state index >= 15 is 0 Å². The average Bonchev–Trinajstić information content (AvgIpc) is 2.48. The fraction of sp³-hybridized carbons (Fsp3) is 0.200. The van der Waals surface area contributed by atoms with Gasteiger partial charge in [-0.25, -0.2) is 4.39 Å². The lowest BCUT2D eigenvalue weighted by Gasteiger charge is -2.21. The third kappa shape index (κ3) is 2.79. The van der Waals surface area contributed by atoms with Crippen LogP contribution in [0.25, 0.3) is 0 Å². The molecule has 110 valence electrons. The zero-order valence-corrected chi connectivity index (χ0v) is 12.3. The number of ether oxygens (including phenoxy) is 2. The Hall–Kier alpha value is -1.49. The molecule has 0 saturated carbocycles. The van der Waals surface area contributed by atoms with E-state index in [-0.39, 0.29) is 10.6 Å². The lowest BCUT2D eigenvalue weighted by molar-refractivity contribution is 0.169. The molecule has 3 nitrogen and oxygen atoms in total. The minimum atomic E-state index is -1.24. The van der Waals surface area contributed by atoms with Gasteiger partial charge in [0, 0.05) is 22.2 Å². The number of hydrogen-bond donors (Lipinski definition) is 1. The summed E-state index contributed by atoms with van der Waals surface area (Å²) in [5.41, 5.74) is 0.392. The molecule has 2 aromatic rings. The van der Waals surface area contributed by atoms with Gasteiger partial charge >= 0.3 is 0 Å². The Labute approximate surface area is 130 Å². The summed E-state index contributed by atoms with van der Waals surface area (Å²) in [4.78, 5) is 0. The number of hydrogen-bond acceptors (Lipinski definition) is 3. The Kier molecular flexibility index (Phi) is 3.93. The van der Waals surface area contributed by atoms with Gasteiger partial charge in [0.05, 0.1) is 5.02 Å². The van der Waals surface area contributed by atoms with Crippen molar-refractivity contribution in [3.05, 3.63) is 57.3 Å². The third-order valence-corrected chi connectivity index (χ3v) is 3.77. The lowest BCUT2D eigenvalue weighted by Crippen LogP contribution is -2.16.